The Labute approximate surface area is 125 Å². The van der Waals surface area contributed by atoms with Gasteiger partial charge in [-0.3, -0.25) is 0 Å². The highest BCUT2D eigenvalue weighted by atomic mass is 16.5. The molecule has 1 aliphatic heterocycles. The molecule has 1 aromatic carbocycles. The van der Waals surface area contributed by atoms with Gasteiger partial charge >= 0.3 is 0 Å². The van der Waals surface area contributed by atoms with Crippen LogP contribution in [0.15, 0.2) is 34.9 Å². The molecule has 0 atom stereocenters. The van der Waals surface area contributed by atoms with Gasteiger partial charge < -0.3 is 14.2 Å². The average Bonchev–Trinajstić information content (AvgIpc) is 3.03. The molecule has 112 valence electrons. The number of hydrogen-bond donors (Lipinski definition) is 0. The number of nitrogens with zero attached hydrogens (tertiary/aromatic N) is 2. The molecule has 3 rings (SSSR count). The van der Waals surface area contributed by atoms with Crippen LogP contribution < -0.4 is 4.74 Å². The molecule has 0 bridgehead atoms. The van der Waals surface area contributed by atoms with E-state index in [1.165, 1.54) is 32.4 Å². The fourth-order valence-electron chi connectivity index (χ4n) is 2.78. The first-order valence-electron chi connectivity index (χ1n) is 7.67. The summed E-state index contributed by atoms with van der Waals surface area (Å²) in [6.45, 7) is 3.51. The van der Waals surface area contributed by atoms with E-state index in [-0.39, 0.29) is 0 Å². The van der Waals surface area contributed by atoms with Gasteiger partial charge in [-0.25, -0.2) is 0 Å². The zero-order valence-corrected chi connectivity index (χ0v) is 12.5. The fraction of sp³-hybridized carbons (Fsp3) is 0.471. The van der Waals surface area contributed by atoms with Crippen LogP contribution in [0.4, 0.5) is 0 Å². The van der Waals surface area contributed by atoms with Gasteiger partial charge in [0, 0.05) is 24.6 Å². The third-order valence-corrected chi connectivity index (χ3v) is 4.07. The van der Waals surface area contributed by atoms with Crippen LogP contribution in [0.2, 0.25) is 0 Å². The zero-order chi connectivity index (χ0) is 14.5. The van der Waals surface area contributed by atoms with E-state index < -0.39 is 0 Å². The maximum Gasteiger partial charge on any atom is 0.138 e. The molecule has 0 aliphatic carbocycles. The van der Waals surface area contributed by atoms with Crippen molar-refractivity contribution in [3.05, 3.63) is 36.1 Å². The Balaban J connectivity index is 1.59. The standard InChI is InChI=1S/C17H22N2O2/c1-20-15-7-5-14(6-8-15)17-13-16(21-18-17)9-12-19-10-3-2-4-11-19/h5-8,13H,2-4,9-12H2,1H3. The summed E-state index contributed by atoms with van der Waals surface area (Å²) in [7, 11) is 1.67. The summed E-state index contributed by atoms with van der Waals surface area (Å²) in [5, 5.41) is 4.17. The average molecular weight is 286 g/mol. The first-order chi connectivity index (χ1) is 10.3. The monoisotopic (exact) mass is 286 g/mol. The highest BCUT2D eigenvalue weighted by molar-refractivity contribution is 5.59. The minimum atomic E-state index is 0.854. The van der Waals surface area contributed by atoms with E-state index in [9.17, 15) is 0 Å². The lowest BCUT2D eigenvalue weighted by atomic mass is 10.1. The van der Waals surface area contributed by atoms with Gasteiger partial charge in [0.2, 0.25) is 0 Å². The number of aromatic nitrogens is 1. The Morgan fingerprint density at radius 2 is 1.90 bits per heavy atom. The van der Waals surface area contributed by atoms with Crippen molar-refractivity contribution >= 4 is 0 Å². The largest absolute Gasteiger partial charge is 0.497 e. The molecule has 1 fully saturated rings. The summed E-state index contributed by atoms with van der Waals surface area (Å²) in [4.78, 5) is 2.51. The second-order valence-corrected chi connectivity index (χ2v) is 5.56. The van der Waals surface area contributed by atoms with E-state index in [1.807, 2.05) is 30.3 Å². The summed E-state index contributed by atoms with van der Waals surface area (Å²) in [6.07, 6.45) is 4.96. The SMILES string of the molecule is COc1ccc(-c2cc(CCN3CCCCC3)on2)cc1. The van der Waals surface area contributed by atoms with Crippen molar-refractivity contribution in [1.29, 1.82) is 0 Å². The number of likely N-dealkylation sites (tertiary alicyclic amines) is 1. The lowest BCUT2D eigenvalue weighted by Crippen LogP contribution is -2.31. The molecule has 1 aromatic heterocycles. The van der Waals surface area contributed by atoms with E-state index in [1.54, 1.807) is 7.11 Å². The normalized spacial score (nSPS) is 16.0. The van der Waals surface area contributed by atoms with Crippen LogP contribution in [0.3, 0.4) is 0 Å². The second-order valence-electron chi connectivity index (χ2n) is 5.56. The van der Waals surface area contributed by atoms with E-state index in [4.69, 9.17) is 9.26 Å². The maximum absolute atomic E-state index is 5.46. The van der Waals surface area contributed by atoms with Gasteiger partial charge in [0.1, 0.15) is 17.2 Å². The Morgan fingerprint density at radius 3 is 2.62 bits per heavy atom. The van der Waals surface area contributed by atoms with Crippen molar-refractivity contribution in [3.8, 4) is 17.0 Å². The van der Waals surface area contributed by atoms with E-state index in [0.717, 1.165) is 35.7 Å². The second kappa shape index (κ2) is 6.76. The van der Waals surface area contributed by atoms with Gasteiger partial charge in [-0.1, -0.05) is 11.6 Å². The predicted octanol–water partition coefficient (Wildman–Crippen LogP) is 3.38. The fourth-order valence-corrected chi connectivity index (χ4v) is 2.78. The number of benzene rings is 1. The molecule has 0 N–H and O–H groups in total. The lowest BCUT2D eigenvalue weighted by Gasteiger charge is -2.25. The summed E-state index contributed by atoms with van der Waals surface area (Å²) < 4.78 is 10.6. The molecule has 4 nitrogen and oxygen atoms in total. The van der Waals surface area contributed by atoms with Crippen LogP contribution in [0, 0.1) is 0 Å². The van der Waals surface area contributed by atoms with Crippen molar-refractivity contribution in [3.63, 3.8) is 0 Å². The van der Waals surface area contributed by atoms with Gasteiger partial charge in [0.15, 0.2) is 0 Å². The molecule has 0 spiro atoms. The smallest absolute Gasteiger partial charge is 0.138 e. The molecule has 0 saturated carbocycles. The van der Waals surface area contributed by atoms with E-state index in [0.29, 0.717) is 0 Å². The molecule has 2 heterocycles. The molecule has 1 aliphatic rings. The zero-order valence-electron chi connectivity index (χ0n) is 12.5. The topological polar surface area (TPSA) is 38.5 Å². The van der Waals surface area contributed by atoms with Gasteiger partial charge in [-0.2, -0.15) is 0 Å². The quantitative estimate of drug-likeness (QED) is 0.844. The van der Waals surface area contributed by atoms with Crippen molar-refractivity contribution in [1.82, 2.24) is 10.1 Å². The van der Waals surface area contributed by atoms with Crippen molar-refractivity contribution in [2.75, 3.05) is 26.7 Å². The highest BCUT2D eigenvalue weighted by Gasteiger charge is 2.12. The first-order valence-corrected chi connectivity index (χ1v) is 7.67. The molecule has 0 radical (unpaired) electrons. The number of piperidine rings is 1. The van der Waals surface area contributed by atoms with Crippen LogP contribution in [0.1, 0.15) is 25.0 Å². The van der Waals surface area contributed by atoms with Gasteiger partial charge in [0.25, 0.3) is 0 Å². The van der Waals surface area contributed by atoms with E-state index >= 15 is 0 Å². The Hall–Kier alpha value is -1.81. The predicted molar refractivity (Wildman–Crippen MR) is 82.5 cm³/mol. The summed E-state index contributed by atoms with van der Waals surface area (Å²) in [5.41, 5.74) is 1.95. The third-order valence-electron chi connectivity index (χ3n) is 4.07. The maximum atomic E-state index is 5.46. The van der Waals surface area contributed by atoms with Gasteiger partial charge in [-0.15, -0.1) is 0 Å². The number of methoxy groups -OCH3 is 1. The first kappa shape index (κ1) is 14.1. The Kier molecular flexibility index (Phi) is 4.55. The highest BCUT2D eigenvalue weighted by Crippen LogP contribution is 2.22. The molecular formula is C17H22N2O2. The summed E-state index contributed by atoms with van der Waals surface area (Å²) in [5.74, 6) is 1.82. The van der Waals surface area contributed by atoms with Gasteiger partial charge in [0.05, 0.1) is 7.11 Å². The number of ether oxygens (including phenoxy) is 1. The number of rotatable bonds is 5. The third kappa shape index (κ3) is 3.64. The molecule has 1 saturated heterocycles. The summed E-state index contributed by atoms with van der Waals surface area (Å²) in [6, 6.07) is 9.94. The summed E-state index contributed by atoms with van der Waals surface area (Å²) >= 11 is 0. The molecule has 21 heavy (non-hydrogen) atoms. The van der Waals surface area contributed by atoms with E-state index in [2.05, 4.69) is 10.1 Å². The van der Waals surface area contributed by atoms with Crippen molar-refractivity contribution < 1.29 is 9.26 Å². The Morgan fingerprint density at radius 1 is 1.14 bits per heavy atom. The van der Waals surface area contributed by atoms with Crippen LogP contribution in [0.25, 0.3) is 11.3 Å². The van der Waals surface area contributed by atoms with Crippen LogP contribution in [0.5, 0.6) is 5.75 Å². The Bertz CT molecular complexity index is 556. The molecule has 4 heteroatoms. The van der Waals surface area contributed by atoms with Crippen molar-refractivity contribution in [2.45, 2.75) is 25.7 Å². The minimum absolute atomic E-state index is 0.854. The number of hydrogen-bond acceptors (Lipinski definition) is 4. The molecule has 2 aromatic rings. The van der Waals surface area contributed by atoms with Crippen LogP contribution in [-0.4, -0.2) is 36.8 Å². The van der Waals surface area contributed by atoms with Crippen molar-refractivity contribution in [2.24, 2.45) is 0 Å². The lowest BCUT2D eigenvalue weighted by molar-refractivity contribution is 0.224. The molecule has 0 amide bonds. The van der Waals surface area contributed by atoms with Crippen LogP contribution >= 0.6 is 0 Å². The molecular weight excluding hydrogens is 264 g/mol. The van der Waals surface area contributed by atoms with Crippen LogP contribution in [-0.2, 0) is 6.42 Å². The molecule has 0 unspecified atom stereocenters. The minimum Gasteiger partial charge on any atom is -0.497 e. The van der Waals surface area contributed by atoms with Gasteiger partial charge in [-0.05, 0) is 50.2 Å².